The fraction of sp³-hybridized carbons (Fsp3) is 0.231. The standard InChI is InChI=1S/C13H12F3NO3S/c1-9(12-3-2-8-20-12)17-21(18,19)11-6-4-10(5-7-11)13(14,15)16/h2-9,17H,1H3/t9-/m1/s1. The van der Waals surface area contributed by atoms with E-state index in [1.165, 1.54) is 6.26 Å². The Morgan fingerprint density at radius 1 is 1.14 bits per heavy atom. The van der Waals surface area contributed by atoms with Crippen LogP contribution in [0.2, 0.25) is 0 Å². The molecule has 0 amide bonds. The van der Waals surface area contributed by atoms with Crippen molar-refractivity contribution in [2.24, 2.45) is 0 Å². The van der Waals surface area contributed by atoms with Crippen molar-refractivity contribution >= 4 is 10.0 Å². The maximum Gasteiger partial charge on any atom is 0.416 e. The molecule has 2 aromatic rings. The quantitative estimate of drug-likeness (QED) is 0.940. The molecule has 21 heavy (non-hydrogen) atoms. The van der Waals surface area contributed by atoms with E-state index in [1.807, 2.05) is 0 Å². The molecule has 0 fully saturated rings. The molecule has 0 aliphatic heterocycles. The molecule has 8 heteroatoms. The van der Waals surface area contributed by atoms with Gasteiger partial charge < -0.3 is 4.42 Å². The Kier molecular flexibility index (Phi) is 4.11. The molecule has 0 bridgehead atoms. The number of hydrogen-bond donors (Lipinski definition) is 1. The SMILES string of the molecule is C[C@@H](NS(=O)(=O)c1ccc(C(F)(F)F)cc1)c1ccco1. The summed E-state index contributed by atoms with van der Waals surface area (Å²) in [5.74, 6) is 0.408. The van der Waals surface area contributed by atoms with Crippen molar-refractivity contribution in [2.45, 2.75) is 24.0 Å². The Morgan fingerprint density at radius 3 is 2.24 bits per heavy atom. The van der Waals surface area contributed by atoms with Crippen molar-refractivity contribution in [1.29, 1.82) is 0 Å². The zero-order valence-electron chi connectivity index (χ0n) is 10.9. The van der Waals surface area contributed by atoms with E-state index in [1.54, 1.807) is 19.1 Å². The minimum Gasteiger partial charge on any atom is -0.468 e. The van der Waals surface area contributed by atoms with Gasteiger partial charge in [0.25, 0.3) is 0 Å². The molecule has 2 rings (SSSR count). The molecule has 114 valence electrons. The molecule has 0 spiro atoms. The van der Waals surface area contributed by atoms with Crippen LogP contribution in [0.15, 0.2) is 52.0 Å². The number of sulfonamides is 1. The van der Waals surface area contributed by atoms with Gasteiger partial charge in [0.2, 0.25) is 10.0 Å². The molecular formula is C13H12F3NO3S. The highest BCUT2D eigenvalue weighted by molar-refractivity contribution is 7.89. The maximum atomic E-state index is 12.4. The third-order valence-electron chi connectivity index (χ3n) is 2.79. The monoisotopic (exact) mass is 319 g/mol. The number of nitrogens with one attached hydrogen (secondary N) is 1. The van der Waals surface area contributed by atoms with Crippen LogP contribution in [-0.4, -0.2) is 8.42 Å². The lowest BCUT2D eigenvalue weighted by Gasteiger charge is -2.13. The first kappa shape index (κ1) is 15.6. The van der Waals surface area contributed by atoms with Crippen LogP contribution < -0.4 is 4.72 Å². The molecule has 0 unspecified atom stereocenters. The Bertz CT molecular complexity index is 691. The Balaban J connectivity index is 2.20. The number of alkyl halides is 3. The van der Waals surface area contributed by atoms with Crippen LogP contribution in [0.5, 0.6) is 0 Å². The molecule has 1 aromatic heterocycles. The van der Waals surface area contributed by atoms with Gasteiger partial charge in [-0.15, -0.1) is 0 Å². The van der Waals surface area contributed by atoms with E-state index in [-0.39, 0.29) is 4.90 Å². The first-order valence-electron chi connectivity index (χ1n) is 5.93. The third kappa shape index (κ3) is 3.64. The van der Waals surface area contributed by atoms with Crippen LogP contribution in [0.3, 0.4) is 0 Å². The lowest BCUT2D eigenvalue weighted by Crippen LogP contribution is -2.26. The molecule has 0 aliphatic carbocycles. The van der Waals surface area contributed by atoms with E-state index in [4.69, 9.17) is 4.42 Å². The Morgan fingerprint density at radius 2 is 1.76 bits per heavy atom. The van der Waals surface area contributed by atoms with Crippen LogP contribution in [0.25, 0.3) is 0 Å². The number of hydrogen-bond acceptors (Lipinski definition) is 3. The van der Waals surface area contributed by atoms with Crippen molar-refractivity contribution in [3.05, 3.63) is 54.0 Å². The number of rotatable bonds is 4. The van der Waals surface area contributed by atoms with Gasteiger partial charge in [0, 0.05) is 0 Å². The van der Waals surface area contributed by atoms with Crippen LogP contribution in [0.1, 0.15) is 24.3 Å². The third-order valence-corrected chi connectivity index (χ3v) is 4.35. The average Bonchev–Trinajstić information content (AvgIpc) is 2.91. The van der Waals surface area contributed by atoms with Crippen molar-refractivity contribution in [3.8, 4) is 0 Å². The van der Waals surface area contributed by atoms with Crippen LogP contribution in [-0.2, 0) is 16.2 Å². The molecule has 0 saturated heterocycles. The molecule has 1 atom stereocenters. The van der Waals surface area contributed by atoms with Crippen molar-refractivity contribution in [2.75, 3.05) is 0 Å². The largest absolute Gasteiger partial charge is 0.468 e. The fourth-order valence-electron chi connectivity index (χ4n) is 1.72. The van der Waals surface area contributed by atoms with Gasteiger partial charge in [0.15, 0.2) is 0 Å². The molecule has 1 N–H and O–H groups in total. The van der Waals surface area contributed by atoms with E-state index in [0.717, 1.165) is 24.3 Å². The van der Waals surface area contributed by atoms with Crippen molar-refractivity contribution in [3.63, 3.8) is 0 Å². The van der Waals surface area contributed by atoms with Gasteiger partial charge in [0.05, 0.1) is 22.8 Å². The van der Waals surface area contributed by atoms with Gasteiger partial charge in [0.1, 0.15) is 5.76 Å². The van der Waals surface area contributed by atoms with Crippen LogP contribution in [0.4, 0.5) is 13.2 Å². The summed E-state index contributed by atoms with van der Waals surface area (Å²) < 4.78 is 68.8. The van der Waals surface area contributed by atoms with E-state index in [9.17, 15) is 21.6 Å². The lowest BCUT2D eigenvalue weighted by molar-refractivity contribution is -0.137. The molecule has 4 nitrogen and oxygen atoms in total. The fourth-order valence-corrected chi connectivity index (χ4v) is 2.93. The Hall–Kier alpha value is -1.80. The second kappa shape index (κ2) is 5.53. The van der Waals surface area contributed by atoms with Gasteiger partial charge in [-0.3, -0.25) is 0 Å². The first-order chi connectivity index (χ1) is 9.70. The van der Waals surface area contributed by atoms with Gasteiger partial charge in [-0.2, -0.15) is 13.2 Å². The van der Waals surface area contributed by atoms with Crippen molar-refractivity contribution in [1.82, 2.24) is 4.72 Å². The number of halogens is 3. The average molecular weight is 319 g/mol. The summed E-state index contributed by atoms with van der Waals surface area (Å²) in [5, 5.41) is 0. The number of benzene rings is 1. The lowest BCUT2D eigenvalue weighted by atomic mass is 10.2. The van der Waals surface area contributed by atoms with Gasteiger partial charge in [-0.1, -0.05) is 0 Å². The van der Waals surface area contributed by atoms with E-state index in [2.05, 4.69) is 4.72 Å². The normalized spacial score (nSPS) is 14.1. The summed E-state index contributed by atoms with van der Waals surface area (Å²) in [6.07, 6.45) is -3.10. The molecule has 0 saturated carbocycles. The van der Waals surface area contributed by atoms with Crippen molar-refractivity contribution < 1.29 is 26.0 Å². The van der Waals surface area contributed by atoms with Gasteiger partial charge in [-0.25, -0.2) is 13.1 Å². The second-order valence-electron chi connectivity index (χ2n) is 4.38. The highest BCUT2D eigenvalue weighted by Crippen LogP contribution is 2.29. The summed E-state index contributed by atoms with van der Waals surface area (Å²) in [5.41, 5.74) is -0.902. The predicted octanol–water partition coefficient (Wildman–Crippen LogP) is 3.34. The minimum atomic E-state index is -4.50. The zero-order chi connectivity index (χ0) is 15.7. The summed E-state index contributed by atoms with van der Waals surface area (Å²) in [6, 6.07) is 5.86. The molecule has 1 heterocycles. The Labute approximate surface area is 119 Å². The smallest absolute Gasteiger partial charge is 0.416 e. The highest BCUT2D eigenvalue weighted by atomic mass is 32.2. The van der Waals surface area contributed by atoms with Crippen LogP contribution in [0, 0.1) is 0 Å². The minimum absolute atomic E-state index is 0.242. The summed E-state index contributed by atoms with van der Waals surface area (Å²) in [7, 11) is -3.93. The highest BCUT2D eigenvalue weighted by Gasteiger charge is 2.30. The zero-order valence-corrected chi connectivity index (χ0v) is 11.7. The molecule has 0 radical (unpaired) electrons. The topological polar surface area (TPSA) is 59.3 Å². The number of furan rings is 1. The summed E-state index contributed by atoms with van der Waals surface area (Å²) >= 11 is 0. The summed E-state index contributed by atoms with van der Waals surface area (Å²) in [6.45, 7) is 1.57. The first-order valence-corrected chi connectivity index (χ1v) is 7.41. The van der Waals surface area contributed by atoms with E-state index in [0.29, 0.717) is 5.76 Å². The maximum absolute atomic E-state index is 12.4. The van der Waals surface area contributed by atoms with Crippen LogP contribution >= 0.6 is 0 Å². The van der Waals surface area contributed by atoms with Gasteiger partial charge >= 0.3 is 6.18 Å². The van der Waals surface area contributed by atoms with E-state index >= 15 is 0 Å². The molecule has 0 aliphatic rings. The molecule has 1 aromatic carbocycles. The van der Waals surface area contributed by atoms with E-state index < -0.39 is 27.8 Å². The predicted molar refractivity (Wildman–Crippen MR) is 68.9 cm³/mol. The van der Waals surface area contributed by atoms with Gasteiger partial charge in [-0.05, 0) is 43.3 Å². The summed E-state index contributed by atoms with van der Waals surface area (Å²) in [4.78, 5) is -0.242. The molecular weight excluding hydrogens is 307 g/mol. The second-order valence-corrected chi connectivity index (χ2v) is 6.09.